The average Bonchev–Trinajstić information content (AvgIpc) is 3.95. The molecule has 0 spiro atoms. The molecule has 2 amide bonds. The summed E-state index contributed by atoms with van der Waals surface area (Å²) in [6.07, 6.45) is 14.7. The van der Waals surface area contributed by atoms with Gasteiger partial charge in [0.15, 0.2) is 5.60 Å². The highest BCUT2D eigenvalue weighted by molar-refractivity contribution is 5.97. The van der Waals surface area contributed by atoms with Crippen LogP contribution in [0.5, 0.6) is 0 Å². The maximum absolute atomic E-state index is 13.1. The van der Waals surface area contributed by atoms with Crippen LogP contribution >= 0.6 is 0 Å². The predicted octanol–water partition coefficient (Wildman–Crippen LogP) is 3.24. The molecule has 2 saturated heterocycles. The second-order valence-corrected chi connectivity index (χ2v) is 17.0. The third kappa shape index (κ3) is 9.05. The van der Waals surface area contributed by atoms with Gasteiger partial charge in [0.05, 0.1) is 42.9 Å². The van der Waals surface area contributed by atoms with E-state index in [1.54, 1.807) is 17.8 Å². The molecule has 3 fully saturated rings. The molecule has 5 aromatic rings. The number of benzene rings is 2. The lowest BCUT2D eigenvalue weighted by Gasteiger charge is -2.45. The third-order valence-electron chi connectivity index (χ3n) is 12.6. The summed E-state index contributed by atoms with van der Waals surface area (Å²) in [4.78, 5) is 56.1. The monoisotopic (exact) mass is 828 g/mol. The van der Waals surface area contributed by atoms with E-state index in [4.69, 9.17) is 37.3 Å². The van der Waals surface area contributed by atoms with E-state index in [1.807, 2.05) is 54.7 Å². The standard InChI is InChI=1S/C46H56N10O5/c1-4-19-51-45(2)17-23-55(24-18-45)32-15-21-56(22-16-32)44-52-38-13-10-30(36-27-54(3)43(59)40-34(36)14-20-49-40)25-35(38)41(53-44)46(61-33-11-12-33,31-8-6-5-7-9-31)28-60-29-50-42(58)37(47)26-39(48)57/h1,5-10,13-14,20,25,27,32-33,37,49,51H,11-12,15-19,21-24,26,28-29,47H2,2-3H3,(H2,48,57)(H,50,58)/t37-,46-/m0/s1. The molecule has 7 N–H and O–H groups in total. The molecule has 2 aromatic carbocycles. The van der Waals surface area contributed by atoms with Gasteiger partial charge in [-0.1, -0.05) is 42.3 Å². The quantitative estimate of drug-likeness (QED) is 0.0556. The van der Waals surface area contributed by atoms with Crippen LogP contribution in [0.25, 0.3) is 32.9 Å². The molecule has 1 aliphatic carbocycles. The molecule has 3 aliphatic rings. The van der Waals surface area contributed by atoms with Gasteiger partial charge < -0.3 is 50.9 Å². The van der Waals surface area contributed by atoms with Crippen molar-refractivity contribution >= 4 is 39.6 Å². The van der Waals surface area contributed by atoms with E-state index in [0.29, 0.717) is 29.7 Å². The number of H-pyrrole nitrogens is 1. The SMILES string of the molecule is C#CCNC1(C)CCN(C2CCN(c3nc([C@@](COCNC(=O)[C@@H](N)CC(N)=O)(OC4CC4)c4ccccc4)c4cc(-c5cn(C)c(=O)c6[nH]ccc56)ccc4n3)CC2)CC1. The summed E-state index contributed by atoms with van der Waals surface area (Å²) in [6.45, 7) is 6.28. The predicted molar refractivity (Wildman–Crippen MR) is 235 cm³/mol. The molecule has 1 saturated carbocycles. The van der Waals surface area contributed by atoms with E-state index in [2.05, 4.69) is 44.3 Å². The van der Waals surface area contributed by atoms with Crippen molar-refractivity contribution in [2.45, 2.75) is 81.2 Å². The number of aryl methyl sites for hydroxylation is 1. The fourth-order valence-electron chi connectivity index (χ4n) is 8.87. The Bertz CT molecular complexity index is 2480. The molecule has 2 atom stereocenters. The number of likely N-dealkylation sites (tertiary alicyclic amines) is 1. The Morgan fingerprint density at radius 1 is 1.05 bits per heavy atom. The number of nitrogens with one attached hydrogen (secondary N) is 3. The Kier molecular flexibility index (Phi) is 12.3. The zero-order valence-corrected chi connectivity index (χ0v) is 35.0. The molecule has 5 heterocycles. The largest absolute Gasteiger partial charge is 0.370 e. The van der Waals surface area contributed by atoms with Crippen LogP contribution in [-0.2, 0) is 31.7 Å². The molecule has 320 valence electrons. The lowest BCUT2D eigenvalue weighted by atomic mass is 9.87. The number of terminal acetylenes is 1. The fraction of sp³-hybridized carbons (Fsp3) is 0.457. The van der Waals surface area contributed by atoms with Crippen LogP contribution in [0.15, 0.2) is 71.8 Å². The second-order valence-electron chi connectivity index (χ2n) is 17.0. The van der Waals surface area contributed by atoms with Gasteiger partial charge in [-0.2, -0.15) is 0 Å². The average molecular weight is 829 g/mol. The van der Waals surface area contributed by atoms with Gasteiger partial charge in [-0.15, -0.1) is 6.42 Å². The third-order valence-corrected chi connectivity index (χ3v) is 12.6. The van der Waals surface area contributed by atoms with Crippen molar-refractivity contribution < 1.29 is 19.1 Å². The summed E-state index contributed by atoms with van der Waals surface area (Å²) in [6, 6.07) is 17.3. The van der Waals surface area contributed by atoms with Crippen molar-refractivity contribution in [3.05, 3.63) is 88.6 Å². The first kappa shape index (κ1) is 42.1. The van der Waals surface area contributed by atoms with Crippen molar-refractivity contribution in [1.29, 1.82) is 0 Å². The highest BCUT2D eigenvalue weighted by Gasteiger charge is 2.45. The van der Waals surface area contributed by atoms with Crippen LogP contribution in [0.3, 0.4) is 0 Å². The minimum Gasteiger partial charge on any atom is -0.370 e. The summed E-state index contributed by atoms with van der Waals surface area (Å²) >= 11 is 0. The summed E-state index contributed by atoms with van der Waals surface area (Å²) in [5, 5.41) is 7.83. The van der Waals surface area contributed by atoms with Gasteiger partial charge in [0.2, 0.25) is 17.8 Å². The van der Waals surface area contributed by atoms with Crippen molar-refractivity contribution in [2.24, 2.45) is 18.5 Å². The fourth-order valence-corrected chi connectivity index (χ4v) is 8.87. The highest BCUT2D eigenvalue weighted by Crippen LogP contribution is 2.44. The number of aromatic nitrogens is 4. The number of fused-ring (bicyclic) bond motifs is 2. The van der Waals surface area contributed by atoms with E-state index in [1.165, 1.54) is 0 Å². The van der Waals surface area contributed by atoms with Crippen LogP contribution in [-0.4, -0.2) is 106 Å². The number of nitrogens with zero attached hydrogens (tertiary/aromatic N) is 5. The van der Waals surface area contributed by atoms with Crippen LogP contribution in [0.2, 0.25) is 0 Å². The van der Waals surface area contributed by atoms with Crippen molar-refractivity contribution in [2.75, 3.05) is 51.0 Å². The van der Waals surface area contributed by atoms with Gasteiger partial charge in [-0.3, -0.25) is 14.4 Å². The maximum atomic E-state index is 13.1. The van der Waals surface area contributed by atoms with Gasteiger partial charge >= 0.3 is 0 Å². The zero-order valence-electron chi connectivity index (χ0n) is 35.0. The van der Waals surface area contributed by atoms with Crippen LogP contribution in [0.4, 0.5) is 5.95 Å². The Morgan fingerprint density at radius 2 is 1.80 bits per heavy atom. The first-order valence-electron chi connectivity index (χ1n) is 21.3. The van der Waals surface area contributed by atoms with Gasteiger partial charge in [0.1, 0.15) is 12.2 Å². The number of hydrogen-bond acceptors (Lipinski definition) is 11. The van der Waals surface area contributed by atoms with Crippen LogP contribution in [0, 0.1) is 12.3 Å². The van der Waals surface area contributed by atoms with Crippen molar-refractivity contribution in [3.63, 3.8) is 0 Å². The molecule has 3 aromatic heterocycles. The van der Waals surface area contributed by atoms with Gasteiger partial charge in [-0.25, -0.2) is 9.97 Å². The Morgan fingerprint density at radius 3 is 2.51 bits per heavy atom. The summed E-state index contributed by atoms with van der Waals surface area (Å²) < 4.78 is 15.1. The first-order chi connectivity index (χ1) is 29.5. The highest BCUT2D eigenvalue weighted by atomic mass is 16.6. The molecule has 2 aliphatic heterocycles. The van der Waals surface area contributed by atoms with Crippen molar-refractivity contribution in [3.8, 4) is 23.5 Å². The Labute approximate surface area is 355 Å². The smallest absolute Gasteiger partial charge is 0.274 e. The van der Waals surface area contributed by atoms with Gasteiger partial charge in [0.25, 0.3) is 5.56 Å². The minimum atomic E-state index is -1.24. The molecule has 0 radical (unpaired) electrons. The normalized spacial score (nSPS) is 18.8. The number of rotatable bonds is 16. The Balaban J connectivity index is 1.18. The molecule has 8 rings (SSSR count). The molecule has 0 bridgehead atoms. The lowest BCUT2D eigenvalue weighted by molar-refractivity contribution is -0.129. The first-order valence-corrected chi connectivity index (χ1v) is 21.3. The number of nitrogens with two attached hydrogens (primary N) is 2. The number of carbonyl (C=O) groups is 2. The maximum Gasteiger partial charge on any atom is 0.274 e. The zero-order chi connectivity index (χ0) is 42.7. The second kappa shape index (κ2) is 17.8. The van der Waals surface area contributed by atoms with Gasteiger partial charge in [0, 0.05) is 73.5 Å². The van der Waals surface area contributed by atoms with E-state index in [9.17, 15) is 14.4 Å². The number of primary amides is 1. The van der Waals surface area contributed by atoms with Gasteiger partial charge in [-0.05, 0) is 74.8 Å². The number of pyridine rings is 1. The molecule has 15 nitrogen and oxygen atoms in total. The van der Waals surface area contributed by atoms with Crippen LogP contribution in [0.1, 0.15) is 63.1 Å². The number of aromatic amines is 1. The molecular weight excluding hydrogens is 773 g/mol. The summed E-state index contributed by atoms with van der Waals surface area (Å²) in [5.41, 5.74) is 14.4. The van der Waals surface area contributed by atoms with Crippen LogP contribution < -0.4 is 32.6 Å². The van der Waals surface area contributed by atoms with E-state index in [-0.39, 0.29) is 37.0 Å². The number of ether oxygens (including phenoxy) is 2. The summed E-state index contributed by atoms with van der Waals surface area (Å²) in [7, 11) is 1.75. The number of piperidine rings is 2. The van der Waals surface area contributed by atoms with Crippen molar-refractivity contribution in [1.82, 2.24) is 35.1 Å². The molecule has 61 heavy (non-hydrogen) atoms. The lowest BCUT2D eigenvalue weighted by Crippen LogP contribution is -2.55. The molecule has 15 heteroatoms. The molecule has 0 unspecified atom stereocenters. The minimum absolute atomic E-state index is 0.0112. The van der Waals surface area contributed by atoms with E-state index >= 15 is 0 Å². The topological polar surface area (TPSA) is 199 Å². The number of anilines is 1. The number of hydrogen-bond donors (Lipinski definition) is 5. The summed E-state index contributed by atoms with van der Waals surface area (Å²) in [5.74, 6) is 2.11. The van der Waals surface area contributed by atoms with E-state index < -0.39 is 23.5 Å². The van der Waals surface area contributed by atoms with E-state index in [0.717, 1.165) is 97.7 Å². The molecular formula is C46H56N10O5. The Hall–Kier alpha value is -5.63. The number of carbonyl (C=O) groups excluding carboxylic acids is 2. The number of amides is 2.